The molecule has 1 fully saturated rings. The first-order valence-corrected chi connectivity index (χ1v) is 8.94. The highest BCUT2D eigenvalue weighted by Gasteiger charge is 2.31. The van der Waals surface area contributed by atoms with E-state index in [9.17, 15) is 29.9 Å². The van der Waals surface area contributed by atoms with Crippen LogP contribution in [0.15, 0.2) is 23.1 Å². The average Bonchev–Trinajstić information content (AvgIpc) is 2.83. The molecule has 10 heteroatoms. The fourth-order valence-corrected chi connectivity index (χ4v) is 3.62. The number of non-ortho nitro benzene ring substituents is 1. The van der Waals surface area contributed by atoms with Crippen LogP contribution in [-0.4, -0.2) is 37.7 Å². The number of hydrogen-bond donors (Lipinski definition) is 1. The molecule has 0 radical (unpaired) electrons. The highest BCUT2D eigenvalue weighted by Crippen LogP contribution is 2.35. The number of phenols is 1. The number of phenolic OH excluding ortho intramolecular Hbond substituents is 1. The van der Waals surface area contributed by atoms with Crippen LogP contribution < -0.4 is 5.11 Å². The van der Waals surface area contributed by atoms with E-state index >= 15 is 0 Å². The van der Waals surface area contributed by atoms with Gasteiger partial charge in [-0.2, -0.15) is 0 Å². The van der Waals surface area contributed by atoms with Gasteiger partial charge in [0.15, 0.2) is 0 Å². The van der Waals surface area contributed by atoms with Crippen molar-refractivity contribution in [1.29, 1.82) is 0 Å². The van der Waals surface area contributed by atoms with Crippen LogP contribution in [0.25, 0.3) is 6.08 Å². The minimum Gasteiger partial charge on any atom is -0.550 e. The number of amides is 1. The van der Waals surface area contributed by atoms with Crippen LogP contribution >= 0.6 is 24.0 Å². The largest absolute Gasteiger partial charge is 0.550 e. The molecule has 138 valence electrons. The summed E-state index contributed by atoms with van der Waals surface area (Å²) in [5, 5.41) is 31.1. The predicted octanol–water partition coefficient (Wildman–Crippen LogP) is 1.81. The molecule has 1 aliphatic rings. The molecular formula is C16H15N2O6S2-. The van der Waals surface area contributed by atoms with Crippen molar-refractivity contribution in [3.63, 3.8) is 0 Å². The summed E-state index contributed by atoms with van der Waals surface area (Å²) >= 11 is 6.24. The van der Waals surface area contributed by atoms with Crippen LogP contribution in [0.1, 0.15) is 31.2 Å². The fourth-order valence-electron chi connectivity index (χ4n) is 2.32. The third-order valence-corrected chi connectivity index (χ3v) is 5.02. The van der Waals surface area contributed by atoms with Crippen molar-refractivity contribution < 1.29 is 24.7 Å². The number of rotatable bonds is 8. The summed E-state index contributed by atoms with van der Waals surface area (Å²) in [6, 6.07) is 3.55. The Labute approximate surface area is 158 Å². The number of hydrogen-bond acceptors (Lipinski definition) is 8. The molecular weight excluding hydrogens is 380 g/mol. The first-order chi connectivity index (χ1) is 12.3. The van der Waals surface area contributed by atoms with Crippen LogP contribution in [0.5, 0.6) is 5.75 Å². The zero-order valence-electron chi connectivity index (χ0n) is 13.5. The summed E-state index contributed by atoms with van der Waals surface area (Å²) < 4.78 is 0.353. The second kappa shape index (κ2) is 8.77. The normalized spacial score (nSPS) is 15.7. The van der Waals surface area contributed by atoms with Crippen LogP contribution in [0.2, 0.25) is 0 Å². The van der Waals surface area contributed by atoms with Crippen molar-refractivity contribution in [1.82, 2.24) is 4.90 Å². The van der Waals surface area contributed by atoms with Crippen molar-refractivity contribution >= 4 is 51.9 Å². The highest BCUT2D eigenvalue weighted by atomic mass is 32.2. The van der Waals surface area contributed by atoms with Gasteiger partial charge in [0.05, 0.1) is 9.83 Å². The molecule has 1 saturated heterocycles. The molecule has 0 spiro atoms. The van der Waals surface area contributed by atoms with Gasteiger partial charge in [-0.3, -0.25) is 19.8 Å². The van der Waals surface area contributed by atoms with Gasteiger partial charge in [-0.15, -0.1) is 0 Å². The van der Waals surface area contributed by atoms with E-state index in [4.69, 9.17) is 12.2 Å². The molecule has 1 aromatic rings. The van der Waals surface area contributed by atoms with Gasteiger partial charge in [-0.25, -0.2) is 0 Å². The molecule has 1 aromatic carbocycles. The molecule has 0 saturated carbocycles. The first kappa shape index (κ1) is 19.9. The van der Waals surface area contributed by atoms with Gasteiger partial charge in [0.1, 0.15) is 10.1 Å². The Balaban J connectivity index is 2.06. The summed E-state index contributed by atoms with van der Waals surface area (Å²) in [6.07, 6.45) is 3.03. The second-order valence-corrected chi connectivity index (χ2v) is 7.19. The number of unbranched alkanes of at least 4 members (excludes halogenated alkanes) is 2. The molecule has 2 rings (SSSR count). The number of carbonyl (C=O) groups excluding carboxylic acids is 2. The van der Waals surface area contributed by atoms with E-state index in [1.54, 1.807) is 0 Å². The molecule has 0 aromatic heterocycles. The predicted molar refractivity (Wildman–Crippen MR) is 98.1 cm³/mol. The number of carboxylic acids is 1. The Morgan fingerprint density at radius 3 is 2.73 bits per heavy atom. The summed E-state index contributed by atoms with van der Waals surface area (Å²) in [7, 11) is 0. The van der Waals surface area contributed by atoms with Crippen molar-refractivity contribution in [2.75, 3.05) is 6.54 Å². The Hall–Kier alpha value is -2.46. The van der Waals surface area contributed by atoms with Crippen molar-refractivity contribution in [3.05, 3.63) is 38.8 Å². The van der Waals surface area contributed by atoms with E-state index in [1.165, 1.54) is 29.2 Å². The molecule has 0 aliphatic carbocycles. The van der Waals surface area contributed by atoms with Gasteiger partial charge in [-0.1, -0.05) is 30.4 Å². The standard InChI is InChI=1S/C16H16N2O6S2/c19-12-6-5-11(18(23)24)8-10(12)9-13-15(22)17(16(25)26-13)7-3-1-2-4-14(20)21/h5-6,8-9,19H,1-4,7H2,(H,20,21)/p-1. The van der Waals surface area contributed by atoms with Gasteiger partial charge >= 0.3 is 0 Å². The molecule has 0 atom stereocenters. The molecule has 1 amide bonds. The van der Waals surface area contributed by atoms with Crippen molar-refractivity contribution in [2.45, 2.75) is 25.7 Å². The Kier molecular flexibility index (Phi) is 6.70. The van der Waals surface area contributed by atoms with E-state index in [2.05, 4.69) is 0 Å². The second-order valence-electron chi connectivity index (χ2n) is 5.52. The average molecular weight is 395 g/mol. The number of benzene rings is 1. The maximum Gasteiger partial charge on any atom is 0.270 e. The number of thioether (sulfide) groups is 1. The monoisotopic (exact) mass is 395 g/mol. The minimum atomic E-state index is -1.10. The summed E-state index contributed by atoms with van der Waals surface area (Å²) in [4.78, 5) is 34.7. The maximum absolute atomic E-state index is 12.5. The van der Waals surface area contributed by atoms with Crippen molar-refractivity contribution in [2.24, 2.45) is 0 Å². The molecule has 0 unspecified atom stereocenters. The van der Waals surface area contributed by atoms with Gasteiger partial charge in [0.25, 0.3) is 11.6 Å². The summed E-state index contributed by atoms with van der Waals surface area (Å²) in [6.45, 7) is 0.357. The summed E-state index contributed by atoms with van der Waals surface area (Å²) in [5.41, 5.74) is -0.0360. The van der Waals surface area contributed by atoms with E-state index in [-0.39, 0.29) is 34.2 Å². The lowest BCUT2D eigenvalue weighted by atomic mass is 10.1. The lowest BCUT2D eigenvalue weighted by Gasteiger charge is -2.14. The number of aliphatic carboxylic acids is 1. The molecule has 26 heavy (non-hydrogen) atoms. The lowest BCUT2D eigenvalue weighted by molar-refractivity contribution is -0.384. The quantitative estimate of drug-likeness (QED) is 0.232. The van der Waals surface area contributed by atoms with Crippen LogP contribution in [0.3, 0.4) is 0 Å². The van der Waals surface area contributed by atoms with Crippen LogP contribution in [0, 0.1) is 10.1 Å². The minimum absolute atomic E-state index is 0.0235. The lowest BCUT2D eigenvalue weighted by Crippen LogP contribution is -2.29. The number of carbonyl (C=O) groups is 2. The maximum atomic E-state index is 12.5. The number of carboxylic acid groups (broad SMARTS) is 1. The van der Waals surface area contributed by atoms with E-state index in [0.29, 0.717) is 30.1 Å². The Morgan fingerprint density at radius 1 is 1.35 bits per heavy atom. The molecule has 0 bridgehead atoms. The Bertz CT molecular complexity index is 793. The van der Waals surface area contributed by atoms with E-state index < -0.39 is 10.9 Å². The molecule has 8 nitrogen and oxygen atoms in total. The number of thiocarbonyl (C=S) groups is 1. The third-order valence-electron chi connectivity index (χ3n) is 3.64. The number of nitro groups is 1. The van der Waals surface area contributed by atoms with Crippen LogP contribution in [-0.2, 0) is 9.59 Å². The molecule has 1 aliphatic heterocycles. The number of aromatic hydroxyl groups is 1. The van der Waals surface area contributed by atoms with Gasteiger partial charge < -0.3 is 15.0 Å². The van der Waals surface area contributed by atoms with Crippen molar-refractivity contribution in [3.8, 4) is 5.75 Å². The van der Waals surface area contributed by atoms with Gasteiger partial charge in [0, 0.05) is 30.2 Å². The van der Waals surface area contributed by atoms with Gasteiger partial charge in [0.2, 0.25) is 0 Å². The zero-order valence-corrected chi connectivity index (χ0v) is 15.2. The molecule has 1 heterocycles. The summed E-state index contributed by atoms with van der Waals surface area (Å²) in [5.74, 6) is -1.62. The molecule has 1 N–H and O–H groups in total. The number of nitro benzene ring substituents is 1. The topological polar surface area (TPSA) is 124 Å². The first-order valence-electron chi connectivity index (χ1n) is 7.72. The number of nitrogens with zero attached hydrogens (tertiary/aromatic N) is 2. The zero-order chi connectivity index (χ0) is 19.3. The fraction of sp³-hybridized carbons (Fsp3) is 0.312. The SMILES string of the molecule is O=C([O-])CCCCCN1C(=O)C(=Cc2cc([N+](=O)[O-])ccc2O)SC1=S. The smallest absolute Gasteiger partial charge is 0.270 e. The highest BCUT2D eigenvalue weighted by molar-refractivity contribution is 8.26. The Morgan fingerprint density at radius 2 is 2.08 bits per heavy atom. The van der Waals surface area contributed by atoms with Crippen LogP contribution in [0.4, 0.5) is 5.69 Å². The van der Waals surface area contributed by atoms with E-state index in [1.807, 2.05) is 0 Å². The van der Waals surface area contributed by atoms with Gasteiger partial charge in [-0.05, 0) is 31.4 Å². The van der Waals surface area contributed by atoms with E-state index in [0.717, 1.165) is 11.8 Å². The third kappa shape index (κ3) is 5.02.